The Hall–Kier alpha value is -1.42. The molecule has 3 nitrogen and oxygen atoms in total. The van der Waals surface area contributed by atoms with Gasteiger partial charge in [0, 0.05) is 13.0 Å². The minimum Gasteiger partial charge on any atom is -0.349 e. The molecule has 86 valence electrons. The Bertz CT molecular complexity index is 406. The molecule has 0 saturated carbocycles. The molecule has 1 unspecified atom stereocenters. The fraction of sp³-hybridized carbons (Fsp3) is 0.417. The molecule has 0 aromatic heterocycles. The predicted molar refractivity (Wildman–Crippen MR) is 59.3 cm³/mol. The van der Waals surface area contributed by atoms with E-state index in [0.29, 0.717) is 13.0 Å². The molecule has 1 amide bonds. The molecule has 0 heterocycles. The maximum atomic E-state index is 13.0. The van der Waals surface area contributed by atoms with E-state index in [2.05, 4.69) is 5.32 Å². The van der Waals surface area contributed by atoms with Crippen molar-refractivity contribution in [2.45, 2.75) is 25.3 Å². The Labute approximate surface area is 93.8 Å². The van der Waals surface area contributed by atoms with E-state index in [1.165, 1.54) is 6.07 Å². The molecular formula is C12H15FN2O. The molecule has 1 aliphatic rings. The molecule has 0 radical (unpaired) electrons. The molecule has 0 bridgehead atoms. The van der Waals surface area contributed by atoms with Crippen LogP contribution in [0.25, 0.3) is 0 Å². The van der Waals surface area contributed by atoms with Crippen molar-refractivity contribution >= 4 is 5.91 Å². The van der Waals surface area contributed by atoms with Crippen molar-refractivity contribution in [2.75, 3.05) is 6.54 Å². The first-order chi connectivity index (χ1) is 7.70. The van der Waals surface area contributed by atoms with Gasteiger partial charge in [-0.25, -0.2) is 4.39 Å². The van der Waals surface area contributed by atoms with E-state index >= 15 is 0 Å². The van der Waals surface area contributed by atoms with Crippen LogP contribution >= 0.6 is 0 Å². The third kappa shape index (κ3) is 2.22. The molecule has 2 rings (SSSR count). The number of nitrogens with two attached hydrogens (primary N) is 1. The van der Waals surface area contributed by atoms with Gasteiger partial charge in [-0.3, -0.25) is 4.79 Å². The highest BCUT2D eigenvalue weighted by Crippen LogP contribution is 2.31. The van der Waals surface area contributed by atoms with Crippen LogP contribution in [0, 0.1) is 5.82 Å². The minimum atomic E-state index is -0.215. The summed E-state index contributed by atoms with van der Waals surface area (Å²) in [5, 5.41) is 2.91. The predicted octanol–water partition coefficient (Wildman–Crippen LogP) is 1.28. The Kier molecular flexibility index (Phi) is 3.19. The molecule has 0 spiro atoms. The number of carbonyl (C=O) groups is 1. The largest absolute Gasteiger partial charge is 0.349 e. The van der Waals surface area contributed by atoms with Gasteiger partial charge in [0.05, 0.1) is 6.04 Å². The molecule has 16 heavy (non-hydrogen) atoms. The van der Waals surface area contributed by atoms with Crippen molar-refractivity contribution in [1.29, 1.82) is 0 Å². The van der Waals surface area contributed by atoms with Crippen molar-refractivity contribution in [3.05, 3.63) is 35.1 Å². The molecular weight excluding hydrogens is 207 g/mol. The number of aryl methyl sites for hydroxylation is 1. The van der Waals surface area contributed by atoms with E-state index in [-0.39, 0.29) is 17.8 Å². The molecule has 1 aromatic rings. The first kappa shape index (κ1) is 11.1. The summed E-state index contributed by atoms with van der Waals surface area (Å²) in [5.41, 5.74) is 7.34. The van der Waals surface area contributed by atoms with Crippen LogP contribution in [0.15, 0.2) is 18.2 Å². The SMILES string of the molecule is NCCC(=O)NC1CCc2cc(F)ccc21. The lowest BCUT2D eigenvalue weighted by molar-refractivity contribution is -0.121. The second-order valence-corrected chi connectivity index (χ2v) is 4.04. The Morgan fingerprint density at radius 1 is 1.56 bits per heavy atom. The van der Waals surface area contributed by atoms with E-state index < -0.39 is 0 Å². The van der Waals surface area contributed by atoms with Crippen LogP contribution in [0.2, 0.25) is 0 Å². The van der Waals surface area contributed by atoms with Gasteiger partial charge in [0.1, 0.15) is 5.82 Å². The first-order valence-corrected chi connectivity index (χ1v) is 5.48. The normalized spacial score (nSPS) is 18.2. The highest BCUT2D eigenvalue weighted by molar-refractivity contribution is 5.76. The number of benzene rings is 1. The zero-order valence-corrected chi connectivity index (χ0v) is 9.00. The van der Waals surface area contributed by atoms with E-state index in [0.717, 1.165) is 24.0 Å². The summed E-state index contributed by atoms with van der Waals surface area (Å²) in [7, 11) is 0. The lowest BCUT2D eigenvalue weighted by atomic mass is 10.1. The standard InChI is InChI=1S/C12H15FN2O/c13-9-2-3-10-8(7-9)1-4-11(10)15-12(16)5-6-14/h2-3,7,11H,1,4-6,14H2,(H,15,16). The number of halogens is 1. The van der Waals surface area contributed by atoms with Crippen LogP contribution in [0.5, 0.6) is 0 Å². The fourth-order valence-electron chi connectivity index (χ4n) is 2.13. The van der Waals surface area contributed by atoms with Crippen molar-refractivity contribution < 1.29 is 9.18 Å². The van der Waals surface area contributed by atoms with Crippen LogP contribution in [0.3, 0.4) is 0 Å². The molecule has 3 N–H and O–H groups in total. The second kappa shape index (κ2) is 4.61. The van der Waals surface area contributed by atoms with Crippen LogP contribution < -0.4 is 11.1 Å². The van der Waals surface area contributed by atoms with E-state index in [9.17, 15) is 9.18 Å². The summed E-state index contributed by atoms with van der Waals surface area (Å²) in [6, 6.07) is 4.76. The zero-order valence-electron chi connectivity index (χ0n) is 9.00. The van der Waals surface area contributed by atoms with Gasteiger partial charge in [-0.1, -0.05) is 6.07 Å². The monoisotopic (exact) mass is 222 g/mol. The molecule has 1 aliphatic carbocycles. The number of hydrogen-bond acceptors (Lipinski definition) is 2. The highest BCUT2D eigenvalue weighted by atomic mass is 19.1. The van der Waals surface area contributed by atoms with E-state index in [1.54, 1.807) is 12.1 Å². The minimum absolute atomic E-state index is 0.0228. The average molecular weight is 222 g/mol. The Balaban J connectivity index is 2.09. The van der Waals surface area contributed by atoms with Gasteiger partial charge >= 0.3 is 0 Å². The highest BCUT2D eigenvalue weighted by Gasteiger charge is 2.23. The van der Waals surface area contributed by atoms with Gasteiger partial charge in [0.25, 0.3) is 0 Å². The zero-order chi connectivity index (χ0) is 11.5. The van der Waals surface area contributed by atoms with E-state index in [1.807, 2.05) is 0 Å². The van der Waals surface area contributed by atoms with Crippen LogP contribution in [-0.2, 0) is 11.2 Å². The lowest BCUT2D eigenvalue weighted by Crippen LogP contribution is -2.28. The van der Waals surface area contributed by atoms with Crippen molar-refractivity contribution in [3.8, 4) is 0 Å². The number of fused-ring (bicyclic) bond motifs is 1. The maximum Gasteiger partial charge on any atom is 0.221 e. The Morgan fingerprint density at radius 3 is 3.12 bits per heavy atom. The van der Waals surface area contributed by atoms with Gasteiger partial charge in [-0.15, -0.1) is 0 Å². The van der Waals surface area contributed by atoms with Crippen molar-refractivity contribution in [2.24, 2.45) is 5.73 Å². The van der Waals surface area contributed by atoms with Crippen molar-refractivity contribution in [1.82, 2.24) is 5.32 Å². The van der Waals surface area contributed by atoms with Crippen LogP contribution in [0.1, 0.15) is 30.0 Å². The van der Waals surface area contributed by atoms with Crippen LogP contribution in [-0.4, -0.2) is 12.5 Å². The maximum absolute atomic E-state index is 13.0. The third-order valence-corrected chi connectivity index (χ3v) is 2.89. The van der Waals surface area contributed by atoms with Gasteiger partial charge < -0.3 is 11.1 Å². The summed E-state index contributed by atoms with van der Waals surface area (Å²) >= 11 is 0. The number of nitrogens with one attached hydrogen (secondary N) is 1. The molecule has 0 saturated heterocycles. The number of amides is 1. The topological polar surface area (TPSA) is 55.1 Å². The van der Waals surface area contributed by atoms with Crippen molar-refractivity contribution in [3.63, 3.8) is 0 Å². The average Bonchev–Trinajstić information content (AvgIpc) is 2.61. The third-order valence-electron chi connectivity index (χ3n) is 2.89. The quantitative estimate of drug-likeness (QED) is 0.809. The number of rotatable bonds is 3. The first-order valence-electron chi connectivity index (χ1n) is 5.48. The second-order valence-electron chi connectivity index (χ2n) is 4.04. The molecule has 1 aromatic carbocycles. The smallest absolute Gasteiger partial charge is 0.221 e. The van der Waals surface area contributed by atoms with Gasteiger partial charge in [0.15, 0.2) is 0 Å². The van der Waals surface area contributed by atoms with Gasteiger partial charge in [-0.2, -0.15) is 0 Å². The molecule has 1 atom stereocenters. The lowest BCUT2D eigenvalue weighted by Gasteiger charge is -2.13. The summed E-state index contributed by atoms with van der Waals surface area (Å²) in [6.45, 7) is 0.356. The summed E-state index contributed by atoms with van der Waals surface area (Å²) in [6.07, 6.45) is 2.00. The fourth-order valence-corrected chi connectivity index (χ4v) is 2.13. The molecule has 0 fully saturated rings. The number of carbonyl (C=O) groups excluding carboxylic acids is 1. The summed E-state index contributed by atoms with van der Waals surface area (Å²) in [4.78, 5) is 11.4. The van der Waals surface area contributed by atoms with Gasteiger partial charge in [0.2, 0.25) is 5.91 Å². The van der Waals surface area contributed by atoms with Gasteiger partial charge in [-0.05, 0) is 36.1 Å². The number of hydrogen-bond donors (Lipinski definition) is 2. The molecule has 0 aliphatic heterocycles. The summed E-state index contributed by atoms with van der Waals surface area (Å²) < 4.78 is 13.0. The Morgan fingerprint density at radius 2 is 2.38 bits per heavy atom. The summed E-state index contributed by atoms with van der Waals surface area (Å²) in [5.74, 6) is -0.252. The molecule has 4 heteroatoms. The van der Waals surface area contributed by atoms with Crippen LogP contribution in [0.4, 0.5) is 4.39 Å². The van der Waals surface area contributed by atoms with E-state index in [4.69, 9.17) is 5.73 Å².